The molecule has 1 saturated heterocycles. The summed E-state index contributed by atoms with van der Waals surface area (Å²) in [6.07, 6.45) is 3.83. The van der Waals surface area contributed by atoms with Crippen molar-refractivity contribution < 1.29 is 14.6 Å². The van der Waals surface area contributed by atoms with Crippen molar-refractivity contribution in [3.63, 3.8) is 0 Å². The number of methoxy groups -OCH3 is 1. The average Bonchev–Trinajstić information content (AvgIpc) is 3.34. The highest BCUT2D eigenvalue weighted by Gasteiger charge is 2.25. The van der Waals surface area contributed by atoms with Crippen molar-refractivity contribution in [2.75, 3.05) is 64.6 Å². The van der Waals surface area contributed by atoms with E-state index in [1.807, 2.05) is 34.9 Å². The number of carbonyl (C=O) groups is 1. The summed E-state index contributed by atoms with van der Waals surface area (Å²) in [5.74, 6) is 0.763. The lowest BCUT2D eigenvalue weighted by Crippen LogP contribution is -2.45. The number of pyridine rings is 1. The number of aliphatic hydroxyl groups is 1. The first kappa shape index (κ1) is 31.4. The minimum atomic E-state index is -1.02. The third-order valence-electron chi connectivity index (χ3n) is 8.26. The lowest BCUT2D eigenvalue weighted by Gasteiger charge is -2.38. The van der Waals surface area contributed by atoms with Crippen LogP contribution >= 0.6 is 0 Å². The van der Waals surface area contributed by atoms with Crippen molar-refractivity contribution in [2.45, 2.75) is 44.9 Å². The molecule has 1 aliphatic heterocycles. The number of hydrogen-bond acceptors (Lipinski definition) is 8. The summed E-state index contributed by atoms with van der Waals surface area (Å²) >= 11 is 0. The smallest absolute Gasteiger partial charge is 0.258 e. The Labute approximate surface area is 260 Å². The molecular formula is C34H45N7O3. The summed E-state index contributed by atoms with van der Waals surface area (Å²) in [6, 6.07) is 17.8. The second-order valence-corrected chi connectivity index (χ2v) is 12.6. The molecule has 1 aliphatic rings. The van der Waals surface area contributed by atoms with Gasteiger partial charge in [-0.2, -0.15) is 0 Å². The van der Waals surface area contributed by atoms with Crippen LogP contribution in [0.2, 0.25) is 0 Å². The number of para-hydroxylation sites is 1. The molecule has 2 aromatic heterocycles. The van der Waals surface area contributed by atoms with E-state index in [-0.39, 0.29) is 12.5 Å². The zero-order valence-corrected chi connectivity index (χ0v) is 26.7. The number of nitrogens with one attached hydrogen (secondary N) is 1. The van der Waals surface area contributed by atoms with Gasteiger partial charge in [0.2, 0.25) is 5.95 Å². The van der Waals surface area contributed by atoms with Gasteiger partial charge in [-0.25, -0.2) is 4.98 Å². The molecule has 10 nitrogen and oxygen atoms in total. The zero-order valence-electron chi connectivity index (χ0n) is 26.7. The van der Waals surface area contributed by atoms with Gasteiger partial charge < -0.3 is 29.1 Å². The minimum absolute atomic E-state index is 0.268. The summed E-state index contributed by atoms with van der Waals surface area (Å²) in [5.41, 5.74) is 3.62. The Hall–Kier alpha value is -3.99. The maximum absolute atomic E-state index is 13.5. The van der Waals surface area contributed by atoms with Gasteiger partial charge in [0.1, 0.15) is 5.75 Å². The topological polar surface area (TPSA) is 99.0 Å². The van der Waals surface area contributed by atoms with Gasteiger partial charge in [-0.1, -0.05) is 12.1 Å². The average molecular weight is 600 g/mol. The predicted octanol–water partition coefficient (Wildman–Crippen LogP) is 4.59. The molecule has 1 fully saturated rings. The van der Waals surface area contributed by atoms with Crippen LogP contribution in [0, 0.1) is 0 Å². The number of likely N-dealkylation sites (N-methyl/N-ethyl adjacent to an activating group) is 2. The van der Waals surface area contributed by atoms with Crippen molar-refractivity contribution >= 4 is 28.6 Å². The Kier molecular flexibility index (Phi) is 9.53. The zero-order chi connectivity index (χ0) is 31.4. The van der Waals surface area contributed by atoms with E-state index in [2.05, 4.69) is 58.3 Å². The molecular weight excluding hydrogens is 554 g/mol. The Morgan fingerprint density at radius 2 is 1.82 bits per heavy atom. The molecule has 2 aromatic carbocycles. The van der Waals surface area contributed by atoms with Crippen LogP contribution in [0.15, 0.2) is 60.8 Å². The molecule has 1 amide bonds. The molecule has 0 unspecified atom stereocenters. The molecule has 0 atom stereocenters. The predicted molar refractivity (Wildman–Crippen MR) is 177 cm³/mol. The Morgan fingerprint density at radius 3 is 2.52 bits per heavy atom. The largest absolute Gasteiger partial charge is 0.496 e. The van der Waals surface area contributed by atoms with E-state index in [4.69, 9.17) is 9.72 Å². The lowest BCUT2D eigenvalue weighted by atomic mass is 10.0. The number of anilines is 2. The van der Waals surface area contributed by atoms with E-state index in [0.29, 0.717) is 29.0 Å². The van der Waals surface area contributed by atoms with Gasteiger partial charge >= 0.3 is 0 Å². The van der Waals surface area contributed by atoms with Crippen LogP contribution in [-0.2, 0) is 6.54 Å². The third kappa shape index (κ3) is 7.38. The van der Waals surface area contributed by atoms with E-state index < -0.39 is 5.60 Å². The maximum Gasteiger partial charge on any atom is 0.258 e. The molecule has 5 rings (SSSR count). The number of aromatic nitrogens is 3. The van der Waals surface area contributed by atoms with E-state index in [1.165, 1.54) is 0 Å². The highest BCUT2D eigenvalue weighted by atomic mass is 16.5. The second-order valence-electron chi connectivity index (χ2n) is 12.6. The Balaban J connectivity index is 1.38. The van der Waals surface area contributed by atoms with Crippen molar-refractivity contribution in [2.24, 2.45) is 0 Å². The summed E-state index contributed by atoms with van der Waals surface area (Å²) in [6.45, 7) is 7.86. The molecule has 44 heavy (non-hydrogen) atoms. The summed E-state index contributed by atoms with van der Waals surface area (Å²) in [4.78, 5) is 29.9. The lowest BCUT2D eigenvalue weighted by molar-refractivity contribution is 0.0630. The van der Waals surface area contributed by atoms with E-state index >= 15 is 0 Å². The number of carbonyl (C=O) groups excluding carboxylic acids is 1. The quantitative estimate of drug-likeness (QED) is 0.258. The number of rotatable bonds is 11. The van der Waals surface area contributed by atoms with Gasteiger partial charge in [0.05, 0.1) is 36.0 Å². The summed E-state index contributed by atoms with van der Waals surface area (Å²) < 4.78 is 7.40. The number of amides is 1. The van der Waals surface area contributed by atoms with E-state index in [0.717, 1.165) is 61.3 Å². The minimum Gasteiger partial charge on any atom is -0.496 e. The summed E-state index contributed by atoms with van der Waals surface area (Å²) in [7, 11) is 8.07. The van der Waals surface area contributed by atoms with E-state index in [1.54, 1.807) is 39.3 Å². The fourth-order valence-electron chi connectivity index (χ4n) is 5.80. The first-order valence-corrected chi connectivity index (χ1v) is 15.3. The van der Waals surface area contributed by atoms with Gasteiger partial charge in [-0.05, 0) is 90.3 Å². The first-order valence-electron chi connectivity index (χ1n) is 15.3. The maximum atomic E-state index is 13.5. The number of benzene rings is 2. The molecule has 4 aromatic rings. The van der Waals surface area contributed by atoms with Gasteiger partial charge in [0.15, 0.2) is 0 Å². The molecule has 2 N–H and O–H groups in total. The van der Waals surface area contributed by atoms with Crippen LogP contribution in [0.25, 0.3) is 22.3 Å². The fourth-order valence-corrected chi connectivity index (χ4v) is 5.80. The van der Waals surface area contributed by atoms with Crippen molar-refractivity contribution in [1.29, 1.82) is 0 Å². The van der Waals surface area contributed by atoms with Crippen molar-refractivity contribution in [3.8, 4) is 17.0 Å². The fraction of sp³-hybridized carbons (Fsp3) is 0.441. The first-order chi connectivity index (χ1) is 21.0. The van der Waals surface area contributed by atoms with E-state index in [9.17, 15) is 9.90 Å². The molecule has 0 spiro atoms. The summed E-state index contributed by atoms with van der Waals surface area (Å²) in [5, 5.41) is 13.8. The SMILES string of the molecule is COc1ccccc1-c1cc(C(=O)Nc2nc3ccc(N4CCC(N(C)CCN(C)C)CC4)cc3n2CC(C)(C)O)ccn1. The van der Waals surface area contributed by atoms with Crippen molar-refractivity contribution in [1.82, 2.24) is 24.3 Å². The normalized spacial score (nSPS) is 14.5. The second kappa shape index (κ2) is 13.3. The number of fused-ring (bicyclic) bond motifs is 1. The molecule has 234 valence electrons. The number of ether oxygens (including phenoxy) is 1. The molecule has 0 radical (unpaired) electrons. The third-order valence-corrected chi connectivity index (χ3v) is 8.26. The number of imidazole rings is 1. The van der Waals surface area contributed by atoms with Gasteiger partial charge in [0, 0.05) is 55.2 Å². The van der Waals surface area contributed by atoms with Crippen LogP contribution in [0.3, 0.4) is 0 Å². The standard InChI is InChI=1S/C34H45N7O3/c1-34(2,43)23-41-30-22-26(40-17-14-25(15-18-40)39(5)20-19-38(3)4)11-12-28(30)36-33(41)37-32(42)24-13-16-35-29(21-24)27-9-7-8-10-31(27)44-6/h7-13,16,21-22,25,43H,14-15,17-20,23H2,1-6H3,(H,36,37,42). The Morgan fingerprint density at radius 1 is 1.07 bits per heavy atom. The van der Waals surface area contributed by atoms with Gasteiger partial charge in [-0.3, -0.25) is 15.1 Å². The number of piperidine rings is 1. The molecule has 0 aliphatic carbocycles. The molecule has 10 heteroatoms. The van der Waals surface area contributed by atoms with Gasteiger partial charge in [-0.15, -0.1) is 0 Å². The van der Waals surface area contributed by atoms with Crippen LogP contribution in [0.5, 0.6) is 5.75 Å². The van der Waals surface area contributed by atoms with Crippen LogP contribution < -0.4 is 15.0 Å². The highest BCUT2D eigenvalue weighted by molar-refractivity contribution is 6.04. The number of hydrogen-bond donors (Lipinski definition) is 2. The van der Waals surface area contributed by atoms with Crippen LogP contribution in [-0.4, -0.2) is 101 Å². The van der Waals surface area contributed by atoms with Gasteiger partial charge in [0.25, 0.3) is 5.91 Å². The van der Waals surface area contributed by atoms with Crippen LogP contribution in [0.4, 0.5) is 11.6 Å². The molecule has 0 saturated carbocycles. The van der Waals surface area contributed by atoms with Crippen LogP contribution in [0.1, 0.15) is 37.0 Å². The van der Waals surface area contributed by atoms with Crippen molar-refractivity contribution in [3.05, 3.63) is 66.4 Å². The number of nitrogens with zero attached hydrogens (tertiary/aromatic N) is 6. The molecule has 0 bridgehead atoms. The monoisotopic (exact) mass is 599 g/mol. The molecule has 3 heterocycles. The highest BCUT2D eigenvalue weighted by Crippen LogP contribution is 2.31. The Bertz CT molecular complexity index is 1590.